The molecule has 2 aromatic carbocycles. The molecule has 0 aliphatic carbocycles. The van der Waals surface area contributed by atoms with Crippen LogP contribution >= 0.6 is 11.6 Å². The molecule has 0 spiro atoms. The first-order chi connectivity index (χ1) is 8.54. The van der Waals surface area contributed by atoms with Crippen LogP contribution in [0.25, 0.3) is 0 Å². The summed E-state index contributed by atoms with van der Waals surface area (Å²) in [5, 5.41) is 9.41. The van der Waals surface area contributed by atoms with Crippen LogP contribution in [0.4, 0.5) is 0 Å². The molecular weight excluding hydrogens is 272 g/mol. The van der Waals surface area contributed by atoms with Crippen LogP contribution in [0.1, 0.15) is 5.56 Å². The molecule has 0 radical (unpaired) electrons. The Morgan fingerprint density at radius 3 is 1.78 bits per heavy atom. The van der Waals surface area contributed by atoms with E-state index in [2.05, 4.69) is 0 Å². The fourth-order valence-corrected chi connectivity index (χ4v) is 2.91. The summed E-state index contributed by atoms with van der Waals surface area (Å²) < 4.78 is 24.5. The van der Waals surface area contributed by atoms with E-state index in [1.165, 1.54) is 36.4 Å². The summed E-state index contributed by atoms with van der Waals surface area (Å²) in [6.45, 7) is -0.110. The van der Waals surface area contributed by atoms with E-state index in [1.807, 2.05) is 0 Å². The van der Waals surface area contributed by atoms with Gasteiger partial charge in [0.2, 0.25) is 9.84 Å². The molecular formula is C13H11ClO3S. The first-order valence-electron chi connectivity index (χ1n) is 5.24. The van der Waals surface area contributed by atoms with Crippen LogP contribution in [0.5, 0.6) is 0 Å². The van der Waals surface area contributed by atoms with E-state index >= 15 is 0 Å². The highest BCUT2D eigenvalue weighted by atomic mass is 35.5. The second kappa shape index (κ2) is 5.10. The van der Waals surface area contributed by atoms with Gasteiger partial charge < -0.3 is 5.11 Å². The number of rotatable bonds is 3. The summed E-state index contributed by atoms with van der Waals surface area (Å²) in [4.78, 5) is 0.394. The molecule has 0 saturated carbocycles. The first kappa shape index (κ1) is 13.1. The van der Waals surface area contributed by atoms with Gasteiger partial charge in [-0.05, 0) is 42.0 Å². The molecule has 0 saturated heterocycles. The standard InChI is InChI=1S/C13H11ClO3S/c14-11-3-7-13(8-4-11)18(16,17)12-5-1-10(9-15)2-6-12/h1-8,15H,9H2. The molecule has 2 rings (SSSR count). The van der Waals surface area contributed by atoms with Gasteiger partial charge in [-0.25, -0.2) is 8.42 Å². The lowest BCUT2D eigenvalue weighted by atomic mass is 10.2. The molecule has 0 bridgehead atoms. The van der Waals surface area contributed by atoms with E-state index in [1.54, 1.807) is 12.1 Å². The van der Waals surface area contributed by atoms with E-state index in [4.69, 9.17) is 16.7 Å². The number of benzene rings is 2. The topological polar surface area (TPSA) is 54.4 Å². The van der Waals surface area contributed by atoms with Gasteiger partial charge in [-0.3, -0.25) is 0 Å². The van der Waals surface area contributed by atoms with Gasteiger partial charge in [-0.1, -0.05) is 23.7 Å². The summed E-state index contributed by atoms with van der Waals surface area (Å²) in [7, 11) is -3.52. The Hall–Kier alpha value is -1.36. The Labute approximate surface area is 111 Å². The van der Waals surface area contributed by atoms with Gasteiger partial charge >= 0.3 is 0 Å². The highest BCUT2D eigenvalue weighted by Gasteiger charge is 2.16. The lowest BCUT2D eigenvalue weighted by molar-refractivity contribution is 0.282. The Balaban J connectivity index is 2.44. The Morgan fingerprint density at radius 1 is 0.889 bits per heavy atom. The minimum atomic E-state index is -3.52. The third-order valence-corrected chi connectivity index (χ3v) is 4.58. The molecule has 0 heterocycles. The van der Waals surface area contributed by atoms with Crippen molar-refractivity contribution in [3.63, 3.8) is 0 Å². The van der Waals surface area contributed by atoms with Crippen molar-refractivity contribution in [3.8, 4) is 0 Å². The third-order valence-electron chi connectivity index (χ3n) is 2.54. The predicted molar refractivity (Wildman–Crippen MR) is 69.3 cm³/mol. The smallest absolute Gasteiger partial charge is 0.206 e. The predicted octanol–water partition coefficient (Wildman–Crippen LogP) is 2.67. The molecule has 0 fully saturated rings. The molecule has 0 aliphatic heterocycles. The Bertz CT molecular complexity index is 631. The third kappa shape index (κ3) is 2.56. The van der Waals surface area contributed by atoms with Crippen molar-refractivity contribution in [1.29, 1.82) is 0 Å². The van der Waals surface area contributed by atoms with Gasteiger partial charge in [0, 0.05) is 5.02 Å². The minimum absolute atomic E-state index is 0.110. The highest BCUT2D eigenvalue weighted by Crippen LogP contribution is 2.22. The van der Waals surface area contributed by atoms with Crippen LogP contribution in [-0.4, -0.2) is 13.5 Å². The van der Waals surface area contributed by atoms with E-state index in [-0.39, 0.29) is 16.4 Å². The molecule has 0 atom stereocenters. The average molecular weight is 283 g/mol. The molecule has 0 aromatic heterocycles. The molecule has 0 aliphatic rings. The number of aliphatic hydroxyl groups excluding tert-OH is 1. The van der Waals surface area contributed by atoms with E-state index in [9.17, 15) is 8.42 Å². The summed E-state index contributed by atoms with van der Waals surface area (Å²) in [5.41, 5.74) is 0.671. The molecule has 2 aromatic rings. The summed E-state index contributed by atoms with van der Waals surface area (Å²) in [5.74, 6) is 0. The fourth-order valence-electron chi connectivity index (χ4n) is 1.52. The minimum Gasteiger partial charge on any atom is -0.392 e. The fraction of sp³-hybridized carbons (Fsp3) is 0.0769. The van der Waals surface area contributed by atoms with Crippen molar-refractivity contribution in [3.05, 3.63) is 59.1 Å². The van der Waals surface area contributed by atoms with Crippen molar-refractivity contribution < 1.29 is 13.5 Å². The largest absolute Gasteiger partial charge is 0.392 e. The highest BCUT2D eigenvalue weighted by molar-refractivity contribution is 7.91. The molecule has 18 heavy (non-hydrogen) atoms. The van der Waals surface area contributed by atoms with Crippen molar-refractivity contribution in [1.82, 2.24) is 0 Å². The zero-order valence-corrected chi connectivity index (χ0v) is 10.9. The second-order valence-electron chi connectivity index (χ2n) is 3.76. The number of hydrogen-bond acceptors (Lipinski definition) is 3. The van der Waals surface area contributed by atoms with Crippen LogP contribution < -0.4 is 0 Å². The quantitative estimate of drug-likeness (QED) is 0.942. The van der Waals surface area contributed by atoms with Crippen molar-refractivity contribution >= 4 is 21.4 Å². The zero-order valence-electron chi connectivity index (χ0n) is 9.38. The SMILES string of the molecule is O=S(=O)(c1ccc(Cl)cc1)c1ccc(CO)cc1. The first-order valence-corrected chi connectivity index (χ1v) is 7.10. The second-order valence-corrected chi connectivity index (χ2v) is 6.15. The van der Waals surface area contributed by atoms with Gasteiger partial charge in [-0.15, -0.1) is 0 Å². The Morgan fingerprint density at radius 2 is 1.33 bits per heavy atom. The van der Waals surface area contributed by atoms with Gasteiger partial charge in [0.15, 0.2) is 0 Å². The zero-order chi connectivity index (χ0) is 13.2. The van der Waals surface area contributed by atoms with Crippen LogP contribution in [0.15, 0.2) is 58.3 Å². The summed E-state index contributed by atoms with van der Waals surface area (Å²) >= 11 is 5.72. The molecule has 1 N–H and O–H groups in total. The van der Waals surface area contributed by atoms with Crippen LogP contribution in [0, 0.1) is 0 Å². The van der Waals surface area contributed by atoms with Crippen LogP contribution in [0.3, 0.4) is 0 Å². The lowest BCUT2D eigenvalue weighted by Crippen LogP contribution is -2.01. The van der Waals surface area contributed by atoms with Gasteiger partial charge in [0.1, 0.15) is 0 Å². The van der Waals surface area contributed by atoms with Gasteiger partial charge in [0.25, 0.3) is 0 Å². The monoisotopic (exact) mass is 282 g/mol. The van der Waals surface area contributed by atoms with Crippen LogP contribution in [-0.2, 0) is 16.4 Å². The number of halogens is 1. The van der Waals surface area contributed by atoms with Gasteiger partial charge in [-0.2, -0.15) is 0 Å². The molecule has 3 nitrogen and oxygen atoms in total. The van der Waals surface area contributed by atoms with Crippen molar-refractivity contribution in [2.45, 2.75) is 16.4 Å². The van der Waals surface area contributed by atoms with Crippen molar-refractivity contribution in [2.75, 3.05) is 0 Å². The maximum atomic E-state index is 12.2. The molecule has 94 valence electrons. The Kier molecular flexibility index (Phi) is 3.71. The van der Waals surface area contributed by atoms with E-state index in [0.717, 1.165) is 0 Å². The van der Waals surface area contributed by atoms with Crippen LogP contribution in [0.2, 0.25) is 5.02 Å². The average Bonchev–Trinajstić information content (AvgIpc) is 2.39. The summed E-state index contributed by atoms with van der Waals surface area (Å²) in [6, 6.07) is 12.2. The van der Waals surface area contributed by atoms with E-state index in [0.29, 0.717) is 10.6 Å². The lowest BCUT2D eigenvalue weighted by Gasteiger charge is -2.05. The number of aliphatic hydroxyl groups is 1. The molecule has 0 amide bonds. The summed E-state index contributed by atoms with van der Waals surface area (Å²) in [6.07, 6.45) is 0. The van der Waals surface area contributed by atoms with Crippen molar-refractivity contribution in [2.24, 2.45) is 0 Å². The normalized spacial score (nSPS) is 11.4. The molecule has 5 heteroatoms. The number of sulfone groups is 1. The maximum absolute atomic E-state index is 12.2. The molecule has 0 unspecified atom stereocenters. The number of hydrogen-bond donors (Lipinski definition) is 1. The van der Waals surface area contributed by atoms with E-state index < -0.39 is 9.84 Å². The van der Waals surface area contributed by atoms with Gasteiger partial charge in [0.05, 0.1) is 16.4 Å². The maximum Gasteiger partial charge on any atom is 0.206 e.